The lowest BCUT2D eigenvalue weighted by molar-refractivity contribution is 0.137. The SMILES string of the molecule is CC1=NC(C)(C)SC1=NOC(=O)N(C)Sc1ccccc1C. The predicted molar refractivity (Wildman–Crippen MR) is 93.5 cm³/mol. The van der Waals surface area contributed by atoms with Crippen LogP contribution in [0.1, 0.15) is 26.3 Å². The van der Waals surface area contributed by atoms with Gasteiger partial charge >= 0.3 is 6.09 Å². The van der Waals surface area contributed by atoms with E-state index in [2.05, 4.69) is 10.1 Å². The molecule has 1 amide bonds. The van der Waals surface area contributed by atoms with E-state index < -0.39 is 6.09 Å². The lowest BCUT2D eigenvalue weighted by Crippen LogP contribution is -2.19. The molecule has 118 valence electrons. The first kappa shape index (κ1) is 16.9. The van der Waals surface area contributed by atoms with Crippen molar-refractivity contribution in [3.05, 3.63) is 29.8 Å². The van der Waals surface area contributed by atoms with Gasteiger partial charge in [0.15, 0.2) is 5.04 Å². The van der Waals surface area contributed by atoms with Crippen LogP contribution in [-0.4, -0.2) is 33.1 Å². The van der Waals surface area contributed by atoms with E-state index in [1.807, 2.05) is 52.0 Å². The fourth-order valence-electron chi connectivity index (χ4n) is 1.85. The Labute approximate surface area is 139 Å². The van der Waals surface area contributed by atoms with E-state index in [0.29, 0.717) is 5.04 Å². The molecular formula is C15H19N3O2S2. The van der Waals surface area contributed by atoms with Gasteiger partial charge in [-0.2, -0.15) is 0 Å². The molecule has 0 spiro atoms. The van der Waals surface area contributed by atoms with E-state index >= 15 is 0 Å². The Balaban J connectivity index is 1.96. The third-order valence-electron chi connectivity index (χ3n) is 2.89. The summed E-state index contributed by atoms with van der Waals surface area (Å²) in [7, 11) is 1.66. The summed E-state index contributed by atoms with van der Waals surface area (Å²) in [5.74, 6) is 0. The summed E-state index contributed by atoms with van der Waals surface area (Å²) in [4.78, 5) is 22.2. The second kappa shape index (κ2) is 6.75. The Kier molecular flexibility index (Phi) is 5.18. The van der Waals surface area contributed by atoms with Crippen molar-refractivity contribution in [1.82, 2.24) is 4.31 Å². The number of amides is 1. The molecule has 0 saturated heterocycles. The van der Waals surface area contributed by atoms with E-state index in [4.69, 9.17) is 4.84 Å². The minimum atomic E-state index is -0.515. The first-order valence-electron chi connectivity index (χ1n) is 6.80. The molecule has 0 radical (unpaired) electrons. The van der Waals surface area contributed by atoms with Crippen molar-refractivity contribution in [2.75, 3.05) is 7.05 Å². The molecule has 0 aliphatic carbocycles. The maximum absolute atomic E-state index is 12.0. The molecule has 1 aliphatic rings. The van der Waals surface area contributed by atoms with Gasteiger partial charge in [0.1, 0.15) is 4.87 Å². The van der Waals surface area contributed by atoms with Crippen LogP contribution in [0.5, 0.6) is 0 Å². The minimum absolute atomic E-state index is 0.253. The second-order valence-electron chi connectivity index (χ2n) is 5.35. The number of aliphatic imine (C=N–C) groups is 1. The fourth-order valence-corrected chi connectivity index (χ4v) is 3.53. The standard InChI is InChI=1S/C15H19N3O2S2/c1-10-8-6-7-9-12(10)22-18(5)14(19)20-17-13-11(2)16-15(3,4)21-13/h6-9H,1-5H3. The lowest BCUT2D eigenvalue weighted by atomic mass is 10.2. The van der Waals surface area contributed by atoms with Crippen molar-refractivity contribution < 1.29 is 9.63 Å². The molecule has 0 aromatic heterocycles. The van der Waals surface area contributed by atoms with Crippen molar-refractivity contribution >= 4 is 40.6 Å². The number of carbonyl (C=O) groups excluding carboxylic acids is 1. The minimum Gasteiger partial charge on any atom is -0.296 e. The largest absolute Gasteiger partial charge is 0.446 e. The van der Waals surface area contributed by atoms with Crippen molar-refractivity contribution in [1.29, 1.82) is 0 Å². The highest BCUT2D eigenvalue weighted by Gasteiger charge is 2.30. The van der Waals surface area contributed by atoms with Gasteiger partial charge in [-0.1, -0.05) is 35.1 Å². The summed E-state index contributed by atoms with van der Waals surface area (Å²) in [6, 6.07) is 7.86. The molecule has 1 aromatic carbocycles. The molecule has 0 atom stereocenters. The Morgan fingerprint density at radius 2 is 2.05 bits per heavy atom. The number of aryl methyl sites for hydroxylation is 1. The number of thioether (sulfide) groups is 1. The Bertz CT molecular complexity index is 641. The maximum Gasteiger partial charge on any atom is 0.446 e. The Morgan fingerprint density at radius 3 is 2.64 bits per heavy atom. The molecule has 0 N–H and O–H groups in total. The summed E-state index contributed by atoms with van der Waals surface area (Å²) in [6.07, 6.45) is -0.515. The van der Waals surface area contributed by atoms with Gasteiger partial charge in [-0.25, -0.2) is 9.10 Å². The van der Waals surface area contributed by atoms with Crippen LogP contribution in [0.4, 0.5) is 4.79 Å². The number of benzene rings is 1. The molecule has 0 bridgehead atoms. The van der Waals surface area contributed by atoms with E-state index in [1.54, 1.807) is 7.05 Å². The normalized spacial score (nSPS) is 18.2. The van der Waals surface area contributed by atoms with Gasteiger partial charge in [-0.3, -0.25) is 9.83 Å². The average Bonchev–Trinajstić information content (AvgIpc) is 2.71. The molecule has 1 aliphatic heterocycles. The van der Waals surface area contributed by atoms with Crippen LogP contribution in [0.2, 0.25) is 0 Å². The number of hydrogen-bond donors (Lipinski definition) is 0. The summed E-state index contributed by atoms with van der Waals surface area (Å²) < 4.78 is 1.42. The molecule has 2 rings (SSSR count). The number of carbonyl (C=O) groups is 1. The number of rotatable bonds is 3. The van der Waals surface area contributed by atoms with E-state index in [9.17, 15) is 4.79 Å². The van der Waals surface area contributed by atoms with E-state index in [-0.39, 0.29) is 4.87 Å². The summed E-state index contributed by atoms with van der Waals surface area (Å²) in [5, 5.41) is 4.58. The average molecular weight is 337 g/mol. The number of hydrogen-bond acceptors (Lipinski definition) is 6. The van der Waals surface area contributed by atoms with Gasteiger partial charge in [-0.15, -0.1) is 0 Å². The summed E-state index contributed by atoms with van der Waals surface area (Å²) in [5.41, 5.74) is 1.89. The molecule has 0 fully saturated rings. The van der Waals surface area contributed by atoms with Crippen molar-refractivity contribution in [3.63, 3.8) is 0 Å². The van der Waals surface area contributed by atoms with Crippen LogP contribution >= 0.6 is 23.7 Å². The highest BCUT2D eigenvalue weighted by atomic mass is 32.2. The first-order chi connectivity index (χ1) is 10.3. The van der Waals surface area contributed by atoms with Crippen LogP contribution in [-0.2, 0) is 4.84 Å². The topological polar surface area (TPSA) is 54.3 Å². The zero-order chi connectivity index (χ0) is 16.3. The van der Waals surface area contributed by atoms with Crippen LogP contribution in [0.3, 0.4) is 0 Å². The van der Waals surface area contributed by atoms with Gasteiger partial charge in [-0.05, 0) is 51.3 Å². The van der Waals surface area contributed by atoms with Gasteiger partial charge in [0.05, 0.1) is 5.71 Å². The van der Waals surface area contributed by atoms with E-state index in [0.717, 1.165) is 16.2 Å². The summed E-state index contributed by atoms with van der Waals surface area (Å²) in [6.45, 7) is 7.84. The van der Waals surface area contributed by atoms with Gasteiger partial charge < -0.3 is 0 Å². The first-order valence-corrected chi connectivity index (χ1v) is 8.39. The maximum atomic E-state index is 12.0. The zero-order valence-electron chi connectivity index (χ0n) is 13.3. The van der Waals surface area contributed by atoms with Crippen molar-refractivity contribution in [2.24, 2.45) is 10.1 Å². The Hall–Kier alpha value is -1.47. The smallest absolute Gasteiger partial charge is 0.296 e. The predicted octanol–water partition coefficient (Wildman–Crippen LogP) is 4.33. The molecule has 22 heavy (non-hydrogen) atoms. The second-order valence-corrected chi connectivity index (χ2v) is 8.11. The number of nitrogens with zero attached hydrogens (tertiary/aromatic N) is 3. The number of oxime groups is 1. The van der Waals surface area contributed by atoms with Crippen LogP contribution < -0.4 is 0 Å². The molecule has 0 unspecified atom stereocenters. The molecular weight excluding hydrogens is 318 g/mol. The zero-order valence-corrected chi connectivity index (χ0v) is 14.9. The third-order valence-corrected chi connectivity index (χ3v) is 5.12. The third kappa shape index (κ3) is 4.27. The van der Waals surface area contributed by atoms with Crippen LogP contribution in [0.25, 0.3) is 0 Å². The van der Waals surface area contributed by atoms with Crippen molar-refractivity contribution in [2.45, 2.75) is 37.5 Å². The quantitative estimate of drug-likeness (QED) is 0.468. The molecule has 1 aromatic rings. The van der Waals surface area contributed by atoms with Crippen molar-refractivity contribution in [3.8, 4) is 0 Å². The molecule has 5 nitrogen and oxygen atoms in total. The van der Waals surface area contributed by atoms with Gasteiger partial charge in [0.2, 0.25) is 0 Å². The fraction of sp³-hybridized carbons (Fsp3) is 0.400. The molecule has 0 saturated carbocycles. The monoisotopic (exact) mass is 337 g/mol. The Morgan fingerprint density at radius 1 is 1.36 bits per heavy atom. The van der Waals surface area contributed by atoms with Gasteiger partial charge in [0.25, 0.3) is 0 Å². The van der Waals surface area contributed by atoms with Gasteiger partial charge in [0, 0.05) is 11.9 Å². The van der Waals surface area contributed by atoms with E-state index in [1.165, 1.54) is 28.0 Å². The van der Waals surface area contributed by atoms with Crippen LogP contribution in [0.15, 0.2) is 39.3 Å². The summed E-state index contributed by atoms with van der Waals surface area (Å²) >= 11 is 2.79. The lowest BCUT2D eigenvalue weighted by Gasteiger charge is -2.14. The highest BCUT2D eigenvalue weighted by molar-refractivity contribution is 8.17. The highest BCUT2D eigenvalue weighted by Crippen LogP contribution is 2.34. The molecule has 7 heteroatoms. The molecule has 1 heterocycles. The van der Waals surface area contributed by atoms with Crippen LogP contribution in [0, 0.1) is 6.92 Å².